The molecule has 3 heterocycles. The van der Waals surface area contributed by atoms with Crippen LogP contribution in [0.2, 0.25) is 0 Å². The van der Waals surface area contributed by atoms with Crippen LogP contribution in [-0.4, -0.2) is 16.1 Å². The van der Waals surface area contributed by atoms with Gasteiger partial charge >= 0.3 is 0 Å². The molecule has 0 spiro atoms. The lowest BCUT2D eigenvalue weighted by Gasteiger charge is -2.22. The van der Waals surface area contributed by atoms with E-state index in [1.807, 2.05) is 31.2 Å². The lowest BCUT2D eigenvalue weighted by Crippen LogP contribution is -2.29. The molecule has 6 nitrogen and oxygen atoms in total. The Balaban J connectivity index is 1.83. The number of halogens is 2. The second-order valence-electron chi connectivity index (χ2n) is 6.55. The maximum Gasteiger partial charge on any atom is 0.297 e. The molecule has 0 radical (unpaired) electrons. The van der Waals surface area contributed by atoms with Gasteiger partial charge in [-0.3, -0.25) is 14.5 Å². The molecular weight excluding hydrogens is 522 g/mol. The summed E-state index contributed by atoms with van der Waals surface area (Å²) in [6, 6.07) is 12.0. The minimum absolute atomic E-state index is 0.0468. The Labute approximate surface area is 185 Å². The first-order valence-electron chi connectivity index (χ1n) is 8.59. The first-order valence-corrected chi connectivity index (χ1v) is 11.0. The van der Waals surface area contributed by atoms with Crippen molar-refractivity contribution in [1.29, 1.82) is 0 Å². The zero-order valence-electron chi connectivity index (χ0n) is 14.8. The molecule has 9 heteroatoms. The van der Waals surface area contributed by atoms with Gasteiger partial charge in [-0.2, -0.15) is 0 Å². The number of carbonyl (C=O) groups is 1. The van der Waals surface area contributed by atoms with Gasteiger partial charge in [0.05, 0.1) is 17.0 Å². The van der Waals surface area contributed by atoms with E-state index in [4.69, 9.17) is 4.42 Å². The highest BCUT2D eigenvalue weighted by atomic mass is 79.9. The maximum absolute atomic E-state index is 13.4. The van der Waals surface area contributed by atoms with Crippen molar-refractivity contribution in [3.05, 3.63) is 83.5 Å². The second kappa shape index (κ2) is 6.86. The van der Waals surface area contributed by atoms with Gasteiger partial charge in [-0.1, -0.05) is 55.3 Å². The Hall–Kier alpha value is -2.36. The quantitative estimate of drug-likeness (QED) is 0.353. The van der Waals surface area contributed by atoms with E-state index >= 15 is 0 Å². The molecule has 0 bridgehead atoms. The van der Waals surface area contributed by atoms with E-state index < -0.39 is 11.9 Å². The third-order valence-electron chi connectivity index (χ3n) is 4.74. The van der Waals surface area contributed by atoms with Crippen LogP contribution in [0.4, 0.5) is 5.13 Å². The van der Waals surface area contributed by atoms with Crippen LogP contribution >= 0.6 is 43.2 Å². The fourth-order valence-corrected chi connectivity index (χ4v) is 4.83. The average Bonchev–Trinajstić information content (AvgIpc) is 3.25. The number of benzene rings is 2. The molecule has 0 saturated heterocycles. The number of hydrogen-bond acceptors (Lipinski definition) is 6. The van der Waals surface area contributed by atoms with Gasteiger partial charge in [0.15, 0.2) is 5.43 Å². The molecule has 1 atom stereocenters. The fraction of sp³-hybridized carbons (Fsp3) is 0.100. The summed E-state index contributed by atoms with van der Waals surface area (Å²) in [7, 11) is 0. The van der Waals surface area contributed by atoms with E-state index in [2.05, 4.69) is 42.1 Å². The molecule has 1 unspecified atom stereocenters. The van der Waals surface area contributed by atoms with Crippen LogP contribution < -0.4 is 10.3 Å². The van der Waals surface area contributed by atoms with Gasteiger partial charge in [0, 0.05) is 8.95 Å². The highest BCUT2D eigenvalue weighted by Crippen LogP contribution is 2.42. The second-order valence-corrected chi connectivity index (χ2v) is 9.54. The molecule has 5 rings (SSSR count). The van der Waals surface area contributed by atoms with Crippen LogP contribution in [0.3, 0.4) is 0 Å². The molecule has 29 heavy (non-hydrogen) atoms. The molecule has 4 aromatic rings. The van der Waals surface area contributed by atoms with E-state index in [-0.39, 0.29) is 11.2 Å². The standard InChI is InChI=1S/C20H11Br2N3O3S/c1-9-23-24-20(29-9)25-16(10-2-4-11(21)5-3-10)15-17(26)13-8-12(22)6-7-14(13)28-18(15)19(25)27/h2-8,16H,1H3. The maximum atomic E-state index is 13.4. The summed E-state index contributed by atoms with van der Waals surface area (Å²) < 4.78 is 7.59. The fourth-order valence-electron chi connectivity index (χ4n) is 3.49. The monoisotopic (exact) mass is 531 g/mol. The van der Waals surface area contributed by atoms with Gasteiger partial charge in [0.25, 0.3) is 5.91 Å². The Morgan fingerprint density at radius 3 is 2.45 bits per heavy atom. The molecule has 0 saturated carbocycles. The first-order chi connectivity index (χ1) is 13.9. The third-order valence-corrected chi connectivity index (χ3v) is 6.60. The summed E-state index contributed by atoms with van der Waals surface area (Å²) in [5.41, 5.74) is 1.24. The highest BCUT2D eigenvalue weighted by Gasteiger charge is 2.45. The molecule has 0 aliphatic carbocycles. The van der Waals surface area contributed by atoms with Crippen LogP contribution in [0, 0.1) is 6.92 Å². The van der Waals surface area contributed by atoms with Crippen molar-refractivity contribution >= 4 is 65.2 Å². The average molecular weight is 533 g/mol. The van der Waals surface area contributed by atoms with Crippen molar-refractivity contribution in [1.82, 2.24) is 10.2 Å². The van der Waals surface area contributed by atoms with Crippen LogP contribution in [-0.2, 0) is 0 Å². The lowest BCUT2D eigenvalue weighted by atomic mass is 9.99. The molecule has 2 aromatic carbocycles. The molecule has 2 aromatic heterocycles. The molecule has 1 aliphatic heterocycles. The van der Waals surface area contributed by atoms with Crippen molar-refractivity contribution in [2.24, 2.45) is 0 Å². The summed E-state index contributed by atoms with van der Waals surface area (Å²) in [5, 5.41) is 9.77. The van der Waals surface area contributed by atoms with Crippen molar-refractivity contribution in [3.8, 4) is 0 Å². The van der Waals surface area contributed by atoms with Gasteiger partial charge in [0.2, 0.25) is 10.9 Å². The Morgan fingerprint density at radius 2 is 1.76 bits per heavy atom. The van der Waals surface area contributed by atoms with E-state index in [1.54, 1.807) is 18.2 Å². The number of carbonyl (C=O) groups excluding carboxylic acids is 1. The van der Waals surface area contributed by atoms with E-state index in [9.17, 15) is 9.59 Å². The summed E-state index contributed by atoms with van der Waals surface area (Å²) in [5.74, 6) is -0.350. The van der Waals surface area contributed by atoms with Crippen molar-refractivity contribution in [2.45, 2.75) is 13.0 Å². The minimum atomic E-state index is -0.641. The zero-order valence-corrected chi connectivity index (χ0v) is 18.8. The Bertz CT molecular complexity index is 1350. The number of rotatable bonds is 2. The van der Waals surface area contributed by atoms with Crippen LogP contribution in [0.1, 0.15) is 32.7 Å². The number of nitrogens with zero attached hydrogens (tertiary/aromatic N) is 3. The number of amides is 1. The van der Waals surface area contributed by atoms with Crippen molar-refractivity contribution < 1.29 is 9.21 Å². The van der Waals surface area contributed by atoms with Gasteiger partial charge in [-0.25, -0.2) is 0 Å². The number of aromatic nitrogens is 2. The van der Waals surface area contributed by atoms with E-state index in [1.165, 1.54) is 16.2 Å². The number of fused-ring (bicyclic) bond motifs is 2. The smallest absolute Gasteiger partial charge is 0.297 e. The predicted molar refractivity (Wildman–Crippen MR) is 118 cm³/mol. The summed E-state index contributed by atoms with van der Waals surface area (Å²) in [6.07, 6.45) is 0. The molecule has 0 fully saturated rings. The van der Waals surface area contributed by atoms with E-state index in [0.717, 1.165) is 19.5 Å². The predicted octanol–water partition coefficient (Wildman–Crippen LogP) is 5.23. The summed E-state index contributed by atoms with van der Waals surface area (Å²) in [6.45, 7) is 1.82. The number of aryl methyl sites for hydroxylation is 1. The highest BCUT2D eigenvalue weighted by molar-refractivity contribution is 9.10. The van der Waals surface area contributed by atoms with Gasteiger partial charge in [-0.05, 0) is 42.8 Å². The zero-order chi connectivity index (χ0) is 20.3. The summed E-state index contributed by atoms with van der Waals surface area (Å²) in [4.78, 5) is 28.3. The molecule has 0 N–H and O–H groups in total. The van der Waals surface area contributed by atoms with Crippen LogP contribution in [0.25, 0.3) is 11.0 Å². The SMILES string of the molecule is Cc1nnc(N2C(=O)c3oc4ccc(Br)cc4c(=O)c3C2c2ccc(Br)cc2)s1. The van der Waals surface area contributed by atoms with Crippen LogP contribution in [0.15, 0.2) is 60.6 Å². The molecule has 1 aliphatic rings. The van der Waals surface area contributed by atoms with Gasteiger partial charge in [0.1, 0.15) is 10.6 Å². The molecule has 1 amide bonds. The van der Waals surface area contributed by atoms with E-state index in [0.29, 0.717) is 21.7 Å². The van der Waals surface area contributed by atoms with Crippen LogP contribution in [0.5, 0.6) is 0 Å². The first kappa shape index (κ1) is 18.7. The number of anilines is 1. The third kappa shape index (κ3) is 2.95. The minimum Gasteiger partial charge on any atom is -0.450 e. The number of hydrogen-bond donors (Lipinski definition) is 0. The molecular formula is C20H11Br2N3O3S. The lowest BCUT2D eigenvalue weighted by molar-refractivity contribution is 0.0970. The normalized spacial score (nSPS) is 15.9. The Kier molecular flexibility index (Phi) is 4.41. The van der Waals surface area contributed by atoms with Gasteiger partial charge in [-0.15, -0.1) is 10.2 Å². The van der Waals surface area contributed by atoms with Crippen molar-refractivity contribution in [2.75, 3.05) is 4.90 Å². The largest absolute Gasteiger partial charge is 0.450 e. The topological polar surface area (TPSA) is 76.3 Å². The summed E-state index contributed by atoms with van der Waals surface area (Å²) >= 11 is 8.12. The molecule has 144 valence electrons. The van der Waals surface area contributed by atoms with Gasteiger partial charge < -0.3 is 4.42 Å². The van der Waals surface area contributed by atoms with Crippen molar-refractivity contribution in [3.63, 3.8) is 0 Å². The Morgan fingerprint density at radius 1 is 1.03 bits per heavy atom.